The first-order chi connectivity index (χ1) is 14.6. The molecule has 5 rings (SSSR count). The van der Waals surface area contributed by atoms with Gasteiger partial charge in [-0.25, -0.2) is 0 Å². The summed E-state index contributed by atoms with van der Waals surface area (Å²) in [6.45, 7) is 2.30. The number of nitrogens with one attached hydrogen (secondary N) is 1. The molecule has 1 N–H and O–H groups in total. The van der Waals surface area contributed by atoms with Gasteiger partial charge >= 0.3 is 0 Å². The van der Waals surface area contributed by atoms with Crippen LogP contribution in [0.25, 0.3) is 22.0 Å². The number of benzene rings is 2. The molecule has 0 radical (unpaired) electrons. The van der Waals surface area contributed by atoms with Crippen molar-refractivity contribution < 1.29 is 9.59 Å². The Morgan fingerprint density at radius 2 is 1.87 bits per heavy atom. The maximum absolute atomic E-state index is 12.9. The van der Waals surface area contributed by atoms with Gasteiger partial charge in [0.2, 0.25) is 5.91 Å². The summed E-state index contributed by atoms with van der Waals surface area (Å²) in [4.78, 5) is 28.9. The van der Waals surface area contributed by atoms with E-state index < -0.39 is 0 Å². The van der Waals surface area contributed by atoms with Gasteiger partial charge in [-0.3, -0.25) is 14.7 Å². The maximum Gasteiger partial charge on any atom is 0.253 e. The molecule has 1 aromatic heterocycles. The van der Waals surface area contributed by atoms with Gasteiger partial charge < -0.3 is 9.80 Å². The van der Waals surface area contributed by atoms with Gasteiger partial charge in [0.05, 0.1) is 11.7 Å². The van der Waals surface area contributed by atoms with Crippen molar-refractivity contribution in [1.82, 2.24) is 20.0 Å². The van der Waals surface area contributed by atoms with Crippen LogP contribution in [0, 0.1) is 11.8 Å². The number of carbonyl (C=O) groups is 2. The molecule has 6 nitrogen and oxygen atoms in total. The average molecular weight is 402 g/mol. The van der Waals surface area contributed by atoms with Crippen LogP contribution < -0.4 is 0 Å². The van der Waals surface area contributed by atoms with Crippen molar-refractivity contribution in [3.63, 3.8) is 0 Å². The molecule has 30 heavy (non-hydrogen) atoms. The Morgan fingerprint density at radius 1 is 1.10 bits per heavy atom. The van der Waals surface area contributed by atoms with Crippen LogP contribution in [0.15, 0.2) is 48.7 Å². The summed E-state index contributed by atoms with van der Waals surface area (Å²) in [7, 11) is 1.86. The molecule has 6 heteroatoms. The highest BCUT2D eigenvalue weighted by atomic mass is 16.2. The zero-order valence-corrected chi connectivity index (χ0v) is 17.2. The minimum Gasteiger partial charge on any atom is -0.342 e. The number of aromatic amines is 1. The molecule has 2 aromatic carbocycles. The summed E-state index contributed by atoms with van der Waals surface area (Å²) < 4.78 is 0. The Balaban J connectivity index is 1.21. The van der Waals surface area contributed by atoms with E-state index in [4.69, 9.17) is 0 Å². The van der Waals surface area contributed by atoms with Crippen LogP contribution >= 0.6 is 0 Å². The lowest BCUT2D eigenvalue weighted by molar-refractivity contribution is -0.131. The number of hydrogen-bond acceptors (Lipinski definition) is 3. The number of nitrogens with zero attached hydrogens (tertiary/aromatic N) is 3. The van der Waals surface area contributed by atoms with Crippen LogP contribution in [0.2, 0.25) is 0 Å². The van der Waals surface area contributed by atoms with Crippen molar-refractivity contribution in [2.75, 3.05) is 26.7 Å². The predicted octanol–water partition coefficient (Wildman–Crippen LogP) is 3.56. The van der Waals surface area contributed by atoms with E-state index in [1.165, 1.54) is 0 Å². The van der Waals surface area contributed by atoms with Gasteiger partial charge in [0.25, 0.3) is 5.91 Å². The summed E-state index contributed by atoms with van der Waals surface area (Å²) in [5, 5.41) is 8.09. The zero-order chi connectivity index (χ0) is 20.7. The number of rotatable bonds is 5. The Morgan fingerprint density at radius 3 is 2.63 bits per heavy atom. The third-order valence-corrected chi connectivity index (χ3v) is 6.31. The topological polar surface area (TPSA) is 69.3 Å². The maximum atomic E-state index is 12.9. The first-order valence-corrected chi connectivity index (χ1v) is 10.7. The van der Waals surface area contributed by atoms with E-state index in [0.717, 1.165) is 54.4 Å². The van der Waals surface area contributed by atoms with Gasteiger partial charge in [-0.15, -0.1) is 0 Å². The van der Waals surface area contributed by atoms with Crippen molar-refractivity contribution in [3.05, 3.63) is 54.2 Å². The summed E-state index contributed by atoms with van der Waals surface area (Å²) in [6, 6.07) is 13.9. The number of amides is 2. The monoisotopic (exact) mass is 402 g/mol. The lowest BCUT2D eigenvalue weighted by Gasteiger charge is -2.22. The lowest BCUT2D eigenvalue weighted by Crippen LogP contribution is -2.34. The minimum absolute atomic E-state index is 0.0267. The molecule has 2 aliphatic rings. The highest BCUT2D eigenvalue weighted by Gasteiger charge is 2.36. The van der Waals surface area contributed by atoms with Crippen LogP contribution in [-0.4, -0.2) is 58.5 Å². The number of fused-ring (bicyclic) bond motifs is 1. The van der Waals surface area contributed by atoms with Gasteiger partial charge in [0.15, 0.2) is 0 Å². The first kappa shape index (κ1) is 18.9. The second-order valence-corrected chi connectivity index (χ2v) is 8.65. The minimum atomic E-state index is 0.0267. The van der Waals surface area contributed by atoms with E-state index in [-0.39, 0.29) is 11.8 Å². The third-order valence-electron chi connectivity index (χ3n) is 6.31. The normalized spacial score (nSPS) is 18.7. The molecule has 1 aliphatic heterocycles. The fourth-order valence-corrected chi connectivity index (χ4v) is 4.39. The van der Waals surface area contributed by atoms with E-state index in [2.05, 4.69) is 22.3 Å². The van der Waals surface area contributed by atoms with E-state index in [1.54, 1.807) is 4.90 Å². The molecule has 1 atom stereocenters. The smallest absolute Gasteiger partial charge is 0.253 e. The van der Waals surface area contributed by atoms with Crippen LogP contribution in [0.5, 0.6) is 0 Å². The Bertz CT molecular complexity index is 1080. The quantitative estimate of drug-likeness (QED) is 0.709. The standard InChI is InChI=1S/C24H26N4O2/c1-27(14-16-10-11-28(15-16)24(30)19-6-7-19)23(29)18-4-2-17(3-5-18)20-8-9-22-21(12-20)13-25-26-22/h2-5,8-9,12-13,16,19H,6-7,10-11,14-15H2,1H3,(H,25,26)/t16-/m0/s1. The van der Waals surface area contributed by atoms with E-state index in [0.29, 0.717) is 23.9 Å². The first-order valence-electron chi connectivity index (χ1n) is 10.7. The van der Waals surface area contributed by atoms with Crippen LogP contribution in [-0.2, 0) is 4.79 Å². The van der Waals surface area contributed by atoms with E-state index in [9.17, 15) is 9.59 Å². The molecule has 2 amide bonds. The molecule has 0 bridgehead atoms. The van der Waals surface area contributed by atoms with Gasteiger partial charge in [-0.2, -0.15) is 5.10 Å². The summed E-state index contributed by atoms with van der Waals surface area (Å²) in [5.74, 6) is 0.980. The van der Waals surface area contributed by atoms with Gasteiger partial charge in [-0.05, 0) is 60.6 Å². The summed E-state index contributed by atoms with van der Waals surface area (Å²) >= 11 is 0. The molecule has 0 spiro atoms. The van der Waals surface area contributed by atoms with Crippen LogP contribution in [0.1, 0.15) is 29.6 Å². The zero-order valence-electron chi connectivity index (χ0n) is 17.2. The van der Waals surface area contributed by atoms with Crippen LogP contribution in [0.3, 0.4) is 0 Å². The number of likely N-dealkylation sites (tertiary alicyclic amines) is 1. The Labute approximate surface area is 175 Å². The van der Waals surface area contributed by atoms with Crippen molar-refractivity contribution >= 4 is 22.7 Å². The molecular formula is C24H26N4O2. The van der Waals surface area contributed by atoms with Crippen molar-refractivity contribution in [3.8, 4) is 11.1 Å². The Hall–Kier alpha value is -3.15. The second-order valence-electron chi connectivity index (χ2n) is 8.65. The van der Waals surface area contributed by atoms with Crippen molar-refractivity contribution in [1.29, 1.82) is 0 Å². The van der Waals surface area contributed by atoms with Crippen molar-refractivity contribution in [2.24, 2.45) is 11.8 Å². The highest BCUT2D eigenvalue weighted by molar-refractivity contribution is 5.94. The fraction of sp³-hybridized carbons (Fsp3) is 0.375. The van der Waals surface area contributed by atoms with Crippen LogP contribution in [0.4, 0.5) is 0 Å². The van der Waals surface area contributed by atoms with E-state index in [1.807, 2.05) is 48.5 Å². The molecule has 3 aromatic rings. The summed E-state index contributed by atoms with van der Waals surface area (Å²) in [5.41, 5.74) is 3.87. The fourth-order valence-electron chi connectivity index (χ4n) is 4.39. The number of carbonyl (C=O) groups excluding carboxylic acids is 2. The Kier molecular flexibility index (Phi) is 4.77. The second kappa shape index (κ2) is 7.59. The molecule has 1 saturated carbocycles. The molecule has 0 unspecified atom stereocenters. The molecule has 2 heterocycles. The molecule has 1 aliphatic carbocycles. The van der Waals surface area contributed by atoms with Gasteiger partial charge in [0, 0.05) is 43.5 Å². The van der Waals surface area contributed by atoms with Gasteiger partial charge in [0.1, 0.15) is 0 Å². The van der Waals surface area contributed by atoms with Crippen molar-refractivity contribution in [2.45, 2.75) is 19.3 Å². The highest BCUT2D eigenvalue weighted by Crippen LogP contribution is 2.33. The third kappa shape index (κ3) is 3.70. The van der Waals surface area contributed by atoms with E-state index >= 15 is 0 Å². The summed E-state index contributed by atoms with van der Waals surface area (Å²) in [6.07, 6.45) is 4.88. The number of H-pyrrole nitrogens is 1. The SMILES string of the molecule is CN(C[C@@H]1CCN(C(=O)C2CC2)C1)C(=O)c1ccc(-c2ccc3[nH]ncc3c2)cc1. The number of hydrogen-bond donors (Lipinski definition) is 1. The molecule has 2 fully saturated rings. The number of aromatic nitrogens is 2. The molecule has 154 valence electrons. The molecular weight excluding hydrogens is 376 g/mol. The predicted molar refractivity (Wildman–Crippen MR) is 116 cm³/mol. The lowest BCUT2D eigenvalue weighted by atomic mass is 10.0. The van der Waals surface area contributed by atoms with Gasteiger partial charge in [-0.1, -0.05) is 18.2 Å². The largest absolute Gasteiger partial charge is 0.342 e. The average Bonchev–Trinajstić information content (AvgIpc) is 3.34. The molecule has 1 saturated heterocycles.